The third-order valence-electron chi connectivity index (χ3n) is 2.39. The van der Waals surface area contributed by atoms with E-state index in [1.54, 1.807) is 46.1 Å². The van der Waals surface area contributed by atoms with E-state index in [9.17, 15) is 4.79 Å². The van der Waals surface area contributed by atoms with E-state index in [2.05, 4.69) is 11.9 Å². The number of hydrogen-bond acceptors (Lipinski definition) is 3. The summed E-state index contributed by atoms with van der Waals surface area (Å²) >= 11 is 5.77. The molecule has 0 saturated carbocycles. The van der Waals surface area contributed by atoms with Crippen LogP contribution in [0, 0.1) is 0 Å². The van der Waals surface area contributed by atoms with E-state index in [-0.39, 0.29) is 0 Å². The fourth-order valence-electron chi connectivity index (χ4n) is 1.55. The molecule has 4 nitrogen and oxygen atoms in total. The fourth-order valence-corrected chi connectivity index (χ4v) is 1.70. The topological polar surface area (TPSA) is 47.6 Å². The second-order valence-electron chi connectivity index (χ2n) is 5.28. The van der Waals surface area contributed by atoms with Gasteiger partial charge in [-0.15, -0.1) is 11.6 Å². The zero-order valence-corrected chi connectivity index (χ0v) is 13.0. The summed E-state index contributed by atoms with van der Waals surface area (Å²) in [6.07, 6.45) is -0.511. The Morgan fingerprint density at radius 2 is 2.05 bits per heavy atom. The Morgan fingerprint density at radius 3 is 2.55 bits per heavy atom. The van der Waals surface area contributed by atoms with Crippen LogP contribution >= 0.6 is 11.6 Å². The van der Waals surface area contributed by atoms with Gasteiger partial charge in [0, 0.05) is 23.2 Å². The molecule has 0 aliphatic carbocycles. The van der Waals surface area contributed by atoms with Crippen LogP contribution in [0.4, 0.5) is 10.5 Å². The van der Waals surface area contributed by atoms with Crippen molar-refractivity contribution in [3.63, 3.8) is 0 Å². The monoisotopic (exact) mass is 297 g/mol. The van der Waals surface area contributed by atoms with Gasteiger partial charge in [0.15, 0.2) is 0 Å². The number of anilines is 1. The first-order valence-electron chi connectivity index (χ1n) is 6.19. The molecule has 0 unspecified atom stereocenters. The zero-order valence-electron chi connectivity index (χ0n) is 12.2. The fraction of sp³-hybridized carbons (Fsp3) is 0.400. The number of halogens is 1. The van der Waals surface area contributed by atoms with Crippen LogP contribution in [0.2, 0.25) is 0 Å². The molecule has 1 N–H and O–H groups in total. The maximum absolute atomic E-state index is 11.7. The van der Waals surface area contributed by atoms with Crippen LogP contribution < -0.4 is 10.1 Å². The summed E-state index contributed by atoms with van der Waals surface area (Å²) in [6, 6.07) is 5.26. The molecule has 5 heteroatoms. The van der Waals surface area contributed by atoms with Gasteiger partial charge < -0.3 is 9.47 Å². The van der Waals surface area contributed by atoms with Crippen LogP contribution in [0.3, 0.4) is 0 Å². The minimum atomic E-state index is -0.541. The number of amides is 1. The predicted octanol–water partition coefficient (Wildman–Crippen LogP) is 4.29. The van der Waals surface area contributed by atoms with Crippen molar-refractivity contribution in [2.75, 3.05) is 18.3 Å². The van der Waals surface area contributed by atoms with Crippen molar-refractivity contribution in [3.8, 4) is 5.75 Å². The largest absolute Gasteiger partial charge is 0.496 e. The number of carbonyl (C=O) groups is 1. The highest BCUT2D eigenvalue weighted by atomic mass is 35.5. The molecule has 0 saturated heterocycles. The maximum Gasteiger partial charge on any atom is 0.412 e. The Hall–Kier alpha value is -1.68. The summed E-state index contributed by atoms with van der Waals surface area (Å²) in [5, 5.41) is 2.65. The van der Waals surface area contributed by atoms with Crippen molar-refractivity contribution in [1.29, 1.82) is 0 Å². The number of ether oxygens (including phenoxy) is 2. The molecule has 1 aromatic rings. The number of allylic oxidation sites excluding steroid dienone is 1. The smallest absolute Gasteiger partial charge is 0.412 e. The lowest BCUT2D eigenvalue weighted by atomic mass is 10.1. The van der Waals surface area contributed by atoms with E-state index >= 15 is 0 Å². The van der Waals surface area contributed by atoms with Gasteiger partial charge in [-0.2, -0.15) is 0 Å². The SMILES string of the molecule is C=C(CCl)c1ccc(NC(=O)OC(C)(C)C)cc1OC. The van der Waals surface area contributed by atoms with Gasteiger partial charge in [0.1, 0.15) is 11.4 Å². The third-order valence-corrected chi connectivity index (χ3v) is 2.71. The lowest BCUT2D eigenvalue weighted by molar-refractivity contribution is 0.0636. The highest BCUT2D eigenvalue weighted by Gasteiger charge is 2.16. The van der Waals surface area contributed by atoms with E-state index in [1.807, 2.05) is 0 Å². The Morgan fingerprint density at radius 1 is 1.40 bits per heavy atom. The molecule has 20 heavy (non-hydrogen) atoms. The zero-order chi connectivity index (χ0) is 15.3. The van der Waals surface area contributed by atoms with Crippen LogP contribution in [0.1, 0.15) is 26.3 Å². The molecule has 0 aliphatic rings. The highest BCUT2D eigenvalue weighted by Crippen LogP contribution is 2.29. The van der Waals surface area contributed by atoms with Gasteiger partial charge in [0.05, 0.1) is 7.11 Å². The molecule has 110 valence electrons. The number of rotatable bonds is 4. The molecule has 0 aromatic heterocycles. The van der Waals surface area contributed by atoms with Crippen LogP contribution in [0.15, 0.2) is 24.8 Å². The minimum Gasteiger partial charge on any atom is -0.496 e. The number of methoxy groups -OCH3 is 1. The molecule has 1 amide bonds. The quantitative estimate of drug-likeness (QED) is 0.843. The molecule has 0 heterocycles. The predicted molar refractivity (Wildman–Crippen MR) is 82.6 cm³/mol. The minimum absolute atomic E-state index is 0.315. The van der Waals surface area contributed by atoms with Gasteiger partial charge in [0.2, 0.25) is 0 Å². The molecular formula is C15H20ClNO3. The first-order chi connectivity index (χ1) is 9.26. The number of carbonyl (C=O) groups excluding carboxylic acids is 1. The number of benzene rings is 1. The molecule has 0 fully saturated rings. The summed E-state index contributed by atoms with van der Waals surface area (Å²) in [4.78, 5) is 11.7. The average Bonchev–Trinajstić information content (AvgIpc) is 2.35. The van der Waals surface area contributed by atoms with Gasteiger partial charge in [-0.3, -0.25) is 5.32 Å². The molecule has 0 radical (unpaired) electrons. The van der Waals surface area contributed by atoms with Crippen LogP contribution in [0.5, 0.6) is 5.75 Å². The van der Waals surface area contributed by atoms with E-state index < -0.39 is 11.7 Å². The first kappa shape index (κ1) is 16.4. The molecule has 0 atom stereocenters. The lowest BCUT2D eigenvalue weighted by Crippen LogP contribution is -2.27. The van der Waals surface area contributed by atoms with Crippen LogP contribution in [0.25, 0.3) is 5.57 Å². The summed E-state index contributed by atoms with van der Waals surface area (Å²) in [5.74, 6) is 0.916. The Balaban J connectivity index is 2.88. The van der Waals surface area contributed by atoms with Gasteiger partial charge >= 0.3 is 6.09 Å². The van der Waals surface area contributed by atoms with Gasteiger partial charge in [-0.05, 0) is 38.5 Å². The van der Waals surface area contributed by atoms with Crippen molar-refractivity contribution in [2.24, 2.45) is 0 Å². The first-order valence-corrected chi connectivity index (χ1v) is 6.72. The maximum atomic E-state index is 11.7. The average molecular weight is 298 g/mol. The van der Waals surface area contributed by atoms with Crippen molar-refractivity contribution in [2.45, 2.75) is 26.4 Å². The number of nitrogens with one attached hydrogen (secondary N) is 1. The Labute approximate surface area is 124 Å². The summed E-state index contributed by atoms with van der Waals surface area (Å²) in [7, 11) is 1.55. The van der Waals surface area contributed by atoms with E-state index in [0.717, 1.165) is 11.1 Å². The normalized spacial score (nSPS) is 10.8. The van der Waals surface area contributed by atoms with Crippen LogP contribution in [-0.4, -0.2) is 24.7 Å². The van der Waals surface area contributed by atoms with Crippen molar-refractivity contribution in [1.82, 2.24) is 0 Å². The molecule has 1 rings (SSSR count). The number of alkyl halides is 1. The standard InChI is InChI=1S/C15H20ClNO3/c1-10(9-16)12-7-6-11(8-13(12)19-5)17-14(18)20-15(2,3)4/h6-8H,1,9H2,2-5H3,(H,17,18). The van der Waals surface area contributed by atoms with Crippen molar-refractivity contribution in [3.05, 3.63) is 30.3 Å². The van der Waals surface area contributed by atoms with Gasteiger partial charge in [-0.25, -0.2) is 4.79 Å². The van der Waals surface area contributed by atoms with E-state index in [1.165, 1.54) is 0 Å². The molecule has 0 aliphatic heterocycles. The number of hydrogen-bond donors (Lipinski definition) is 1. The lowest BCUT2D eigenvalue weighted by Gasteiger charge is -2.20. The Bertz CT molecular complexity index is 506. The second kappa shape index (κ2) is 6.66. The van der Waals surface area contributed by atoms with Crippen LogP contribution in [-0.2, 0) is 4.74 Å². The van der Waals surface area contributed by atoms with Gasteiger partial charge in [0.25, 0.3) is 0 Å². The third kappa shape index (κ3) is 4.78. The summed E-state index contributed by atoms with van der Waals surface area (Å²) in [5.41, 5.74) is 1.62. The van der Waals surface area contributed by atoms with E-state index in [4.69, 9.17) is 21.1 Å². The van der Waals surface area contributed by atoms with Crippen molar-refractivity contribution >= 4 is 29.0 Å². The molecule has 0 bridgehead atoms. The van der Waals surface area contributed by atoms with E-state index in [0.29, 0.717) is 17.3 Å². The summed E-state index contributed by atoms with van der Waals surface area (Å²) in [6.45, 7) is 9.29. The Kier molecular flexibility index (Phi) is 5.45. The second-order valence-corrected chi connectivity index (χ2v) is 5.55. The highest BCUT2D eigenvalue weighted by molar-refractivity contribution is 6.23. The molecule has 1 aromatic carbocycles. The summed E-state index contributed by atoms with van der Waals surface area (Å²) < 4.78 is 10.5. The van der Waals surface area contributed by atoms with Crippen molar-refractivity contribution < 1.29 is 14.3 Å². The molecular weight excluding hydrogens is 278 g/mol. The van der Waals surface area contributed by atoms with Gasteiger partial charge in [-0.1, -0.05) is 6.58 Å². The molecule has 0 spiro atoms.